The summed E-state index contributed by atoms with van der Waals surface area (Å²) in [6.07, 6.45) is 3.28. The van der Waals surface area contributed by atoms with Crippen molar-refractivity contribution in [1.29, 1.82) is 0 Å². The maximum absolute atomic E-state index is 13.4. The number of hydrogen-bond acceptors (Lipinski definition) is 3. The molecular formula is C13H18FNO3S. The van der Waals surface area contributed by atoms with Crippen molar-refractivity contribution in [3.05, 3.63) is 30.1 Å². The predicted molar refractivity (Wildman–Crippen MR) is 69.6 cm³/mol. The fourth-order valence-corrected chi connectivity index (χ4v) is 3.57. The lowest BCUT2D eigenvalue weighted by Crippen LogP contribution is -2.35. The van der Waals surface area contributed by atoms with Crippen molar-refractivity contribution in [3.63, 3.8) is 0 Å². The first-order valence-corrected chi connectivity index (χ1v) is 7.91. The Hall–Kier alpha value is -0.980. The molecule has 1 aromatic carbocycles. The molecule has 0 amide bonds. The van der Waals surface area contributed by atoms with Gasteiger partial charge in [0, 0.05) is 6.54 Å². The molecule has 0 spiro atoms. The minimum atomic E-state index is -3.90. The van der Waals surface area contributed by atoms with Crippen molar-refractivity contribution in [1.82, 2.24) is 4.72 Å². The lowest BCUT2D eigenvalue weighted by molar-refractivity contribution is 0.115. The van der Waals surface area contributed by atoms with E-state index in [-0.39, 0.29) is 17.4 Å². The van der Waals surface area contributed by atoms with Gasteiger partial charge in [0.1, 0.15) is 10.7 Å². The molecule has 1 unspecified atom stereocenters. The van der Waals surface area contributed by atoms with Crippen LogP contribution in [0.2, 0.25) is 0 Å². The largest absolute Gasteiger partial charge is 0.391 e. The minimum Gasteiger partial charge on any atom is -0.391 e. The first-order chi connectivity index (χ1) is 9.00. The van der Waals surface area contributed by atoms with Gasteiger partial charge in [-0.1, -0.05) is 25.0 Å². The number of aliphatic hydroxyl groups excluding tert-OH is 1. The van der Waals surface area contributed by atoms with E-state index < -0.39 is 21.9 Å². The van der Waals surface area contributed by atoms with Gasteiger partial charge in [0.15, 0.2) is 0 Å². The van der Waals surface area contributed by atoms with Crippen LogP contribution in [0.15, 0.2) is 29.2 Å². The molecule has 0 radical (unpaired) electrons. The van der Waals surface area contributed by atoms with Gasteiger partial charge in [-0.2, -0.15) is 0 Å². The van der Waals surface area contributed by atoms with Gasteiger partial charge >= 0.3 is 0 Å². The third-order valence-corrected chi connectivity index (χ3v) is 5.01. The summed E-state index contributed by atoms with van der Waals surface area (Å²) in [6.45, 7) is -0.0681. The maximum Gasteiger partial charge on any atom is 0.243 e. The van der Waals surface area contributed by atoms with Crippen LogP contribution in [-0.2, 0) is 10.0 Å². The van der Waals surface area contributed by atoms with Gasteiger partial charge in [-0.15, -0.1) is 0 Å². The Kier molecular flexibility index (Phi) is 4.54. The Morgan fingerprint density at radius 3 is 2.58 bits per heavy atom. The van der Waals surface area contributed by atoms with Gasteiger partial charge in [0.05, 0.1) is 6.10 Å². The van der Waals surface area contributed by atoms with Crippen LogP contribution in [0.25, 0.3) is 0 Å². The van der Waals surface area contributed by atoms with E-state index in [1.807, 2.05) is 0 Å². The standard InChI is InChI=1S/C13H18FNO3S/c14-11-7-3-4-8-13(11)19(17,18)15-9-12(16)10-5-1-2-6-10/h3-4,7-8,10,12,15-16H,1-2,5-6,9H2. The van der Waals surface area contributed by atoms with E-state index in [1.54, 1.807) is 0 Å². The molecule has 0 bridgehead atoms. The summed E-state index contributed by atoms with van der Waals surface area (Å²) < 4.78 is 39.5. The fourth-order valence-electron chi connectivity index (χ4n) is 2.44. The molecule has 0 saturated heterocycles. The number of rotatable bonds is 5. The molecule has 0 heterocycles. The average molecular weight is 287 g/mol. The Morgan fingerprint density at radius 1 is 1.32 bits per heavy atom. The number of halogens is 1. The van der Waals surface area contributed by atoms with E-state index in [9.17, 15) is 17.9 Å². The lowest BCUT2D eigenvalue weighted by atomic mass is 10.0. The second-order valence-electron chi connectivity index (χ2n) is 4.89. The Morgan fingerprint density at radius 2 is 1.95 bits per heavy atom. The van der Waals surface area contributed by atoms with Crippen LogP contribution >= 0.6 is 0 Å². The maximum atomic E-state index is 13.4. The van der Waals surface area contributed by atoms with Crippen LogP contribution in [0.5, 0.6) is 0 Å². The highest BCUT2D eigenvalue weighted by Gasteiger charge is 2.25. The van der Waals surface area contributed by atoms with Crippen molar-refractivity contribution in [2.45, 2.75) is 36.7 Å². The highest BCUT2D eigenvalue weighted by molar-refractivity contribution is 7.89. The molecule has 1 aliphatic carbocycles. The molecular weight excluding hydrogens is 269 g/mol. The Bertz CT molecular complexity index is 526. The summed E-state index contributed by atoms with van der Waals surface area (Å²) in [4.78, 5) is -0.381. The van der Waals surface area contributed by atoms with Gasteiger partial charge in [-0.3, -0.25) is 0 Å². The Labute approximate surface area is 112 Å². The van der Waals surface area contributed by atoms with E-state index in [0.29, 0.717) is 0 Å². The van der Waals surface area contributed by atoms with Crippen LogP contribution in [0.4, 0.5) is 4.39 Å². The summed E-state index contributed by atoms with van der Waals surface area (Å²) >= 11 is 0. The molecule has 19 heavy (non-hydrogen) atoms. The molecule has 106 valence electrons. The van der Waals surface area contributed by atoms with E-state index in [4.69, 9.17) is 0 Å². The Balaban J connectivity index is 2.00. The van der Waals surface area contributed by atoms with Gasteiger partial charge in [-0.25, -0.2) is 17.5 Å². The molecule has 1 fully saturated rings. The molecule has 1 saturated carbocycles. The topological polar surface area (TPSA) is 66.4 Å². The first kappa shape index (κ1) is 14.4. The zero-order valence-corrected chi connectivity index (χ0v) is 11.4. The quantitative estimate of drug-likeness (QED) is 0.865. The molecule has 0 aliphatic heterocycles. The smallest absolute Gasteiger partial charge is 0.243 e. The van der Waals surface area contributed by atoms with Crippen LogP contribution < -0.4 is 4.72 Å². The summed E-state index contributed by atoms with van der Waals surface area (Å²) in [6, 6.07) is 5.20. The van der Waals surface area contributed by atoms with Gasteiger partial charge in [-0.05, 0) is 30.9 Å². The summed E-state index contributed by atoms with van der Waals surface area (Å²) in [5, 5.41) is 9.91. The van der Waals surface area contributed by atoms with Gasteiger partial charge < -0.3 is 5.11 Å². The molecule has 2 N–H and O–H groups in total. The van der Waals surface area contributed by atoms with Crippen LogP contribution in [0, 0.1) is 11.7 Å². The molecule has 0 aromatic heterocycles. The van der Waals surface area contributed by atoms with Crippen molar-refractivity contribution < 1.29 is 17.9 Å². The first-order valence-electron chi connectivity index (χ1n) is 6.43. The number of benzene rings is 1. The normalized spacial score (nSPS) is 18.6. The molecule has 4 nitrogen and oxygen atoms in total. The second kappa shape index (κ2) is 5.98. The number of aliphatic hydroxyl groups is 1. The highest BCUT2D eigenvalue weighted by atomic mass is 32.2. The van der Waals surface area contributed by atoms with Gasteiger partial charge in [0.25, 0.3) is 0 Å². The van der Waals surface area contributed by atoms with Crippen molar-refractivity contribution in [2.75, 3.05) is 6.54 Å². The highest BCUT2D eigenvalue weighted by Crippen LogP contribution is 2.27. The molecule has 1 aliphatic rings. The summed E-state index contributed by atoms with van der Waals surface area (Å²) in [5.74, 6) is -0.645. The van der Waals surface area contributed by atoms with E-state index in [2.05, 4.69) is 4.72 Å². The zero-order chi connectivity index (χ0) is 13.9. The predicted octanol–water partition coefficient (Wildman–Crippen LogP) is 1.66. The monoisotopic (exact) mass is 287 g/mol. The third kappa shape index (κ3) is 3.52. The van der Waals surface area contributed by atoms with Crippen molar-refractivity contribution in [2.24, 2.45) is 5.92 Å². The SMILES string of the molecule is O=S(=O)(NCC(O)C1CCCC1)c1ccccc1F. The molecule has 1 atom stereocenters. The number of sulfonamides is 1. The fraction of sp³-hybridized carbons (Fsp3) is 0.538. The average Bonchev–Trinajstić information content (AvgIpc) is 2.90. The van der Waals surface area contributed by atoms with E-state index >= 15 is 0 Å². The van der Waals surface area contributed by atoms with Crippen LogP contribution in [-0.4, -0.2) is 26.2 Å². The minimum absolute atomic E-state index is 0.0681. The molecule has 1 aromatic rings. The number of nitrogens with one attached hydrogen (secondary N) is 1. The summed E-state index contributed by atoms with van der Waals surface area (Å²) in [5.41, 5.74) is 0. The van der Waals surface area contributed by atoms with E-state index in [1.165, 1.54) is 18.2 Å². The van der Waals surface area contributed by atoms with Crippen molar-refractivity contribution in [3.8, 4) is 0 Å². The lowest BCUT2D eigenvalue weighted by Gasteiger charge is -2.18. The van der Waals surface area contributed by atoms with E-state index in [0.717, 1.165) is 31.7 Å². The molecule has 6 heteroatoms. The number of hydrogen-bond donors (Lipinski definition) is 2. The summed E-state index contributed by atoms with van der Waals surface area (Å²) in [7, 11) is -3.90. The van der Waals surface area contributed by atoms with Crippen LogP contribution in [0.3, 0.4) is 0 Å². The molecule has 2 rings (SSSR count). The second-order valence-corrected chi connectivity index (χ2v) is 6.63. The van der Waals surface area contributed by atoms with Gasteiger partial charge in [0.2, 0.25) is 10.0 Å². The zero-order valence-electron chi connectivity index (χ0n) is 10.5. The third-order valence-electron chi connectivity index (χ3n) is 3.55. The van der Waals surface area contributed by atoms with Crippen molar-refractivity contribution >= 4 is 10.0 Å². The van der Waals surface area contributed by atoms with Crippen LogP contribution in [0.1, 0.15) is 25.7 Å².